The molecule has 1 aliphatic rings. The molecule has 84 valence electrons. The van der Waals surface area contributed by atoms with Crippen LogP contribution in [-0.2, 0) is 10.3 Å². The maximum atomic E-state index is 10.6. The van der Waals surface area contributed by atoms with Crippen molar-refractivity contribution in [3.05, 3.63) is 28.5 Å². The summed E-state index contributed by atoms with van der Waals surface area (Å²) in [7, 11) is 0. The van der Waals surface area contributed by atoms with Gasteiger partial charge in [0.05, 0.1) is 0 Å². The molecule has 1 heterocycles. The molecule has 0 amide bonds. The van der Waals surface area contributed by atoms with Gasteiger partial charge in [0.25, 0.3) is 0 Å². The topological polar surface area (TPSA) is 42.3 Å². The van der Waals surface area contributed by atoms with Crippen molar-refractivity contribution in [1.82, 2.24) is 4.98 Å². The van der Waals surface area contributed by atoms with Crippen LogP contribution in [0.1, 0.15) is 37.7 Å². The number of aromatic nitrogens is 1. The smallest absolute Gasteiger partial charge is 0.235 e. The highest BCUT2D eigenvalue weighted by atomic mass is 79.9. The van der Waals surface area contributed by atoms with E-state index in [9.17, 15) is 4.79 Å². The van der Waals surface area contributed by atoms with Crippen molar-refractivity contribution in [2.75, 3.05) is 0 Å². The summed E-state index contributed by atoms with van der Waals surface area (Å²) in [5.74, 6) is 0. The monoisotopic (exact) mass is 280 g/mol. The van der Waals surface area contributed by atoms with Crippen molar-refractivity contribution in [3.8, 4) is 0 Å². The fraction of sp³-hybridized carbons (Fsp3) is 0.500. The predicted octanol–water partition coefficient (Wildman–Crippen LogP) is 3.34. The molecule has 0 saturated heterocycles. The van der Waals surface area contributed by atoms with Crippen LogP contribution in [0.2, 0.25) is 0 Å². The summed E-state index contributed by atoms with van der Waals surface area (Å²) in [6, 6.07) is 1.89. The Bertz CT molecular complexity index is 421. The van der Waals surface area contributed by atoms with E-state index >= 15 is 0 Å². The first kappa shape index (κ1) is 11.5. The molecule has 0 radical (unpaired) electrons. The highest BCUT2D eigenvalue weighted by Gasteiger charge is 2.35. The molecule has 1 aromatic heterocycles. The van der Waals surface area contributed by atoms with Gasteiger partial charge in [0.2, 0.25) is 6.08 Å². The minimum atomic E-state index is -0.396. The minimum absolute atomic E-state index is 0.396. The van der Waals surface area contributed by atoms with Crippen molar-refractivity contribution in [1.29, 1.82) is 0 Å². The molecule has 0 unspecified atom stereocenters. The lowest BCUT2D eigenvalue weighted by molar-refractivity contribution is 0.302. The number of halogens is 1. The van der Waals surface area contributed by atoms with Gasteiger partial charge in [-0.1, -0.05) is 35.2 Å². The van der Waals surface area contributed by atoms with Gasteiger partial charge in [0.1, 0.15) is 5.54 Å². The largest absolute Gasteiger partial charge is 0.264 e. The van der Waals surface area contributed by atoms with Crippen LogP contribution in [0, 0.1) is 0 Å². The third-order valence-corrected chi connectivity index (χ3v) is 3.90. The first-order valence-electron chi connectivity index (χ1n) is 5.47. The van der Waals surface area contributed by atoms with Crippen molar-refractivity contribution in [2.45, 2.75) is 37.6 Å². The summed E-state index contributed by atoms with van der Waals surface area (Å²) in [6.45, 7) is 0. The standard InChI is InChI=1S/C12H13BrN2O/c13-11-4-7-14-8-10(11)12(15-9-16)5-2-1-3-6-12/h4,7-8H,1-3,5-6H2. The number of rotatable bonds is 2. The lowest BCUT2D eigenvalue weighted by Gasteiger charge is -2.32. The second-order valence-corrected chi connectivity index (χ2v) is 5.01. The molecule has 2 rings (SSSR count). The normalized spacial score (nSPS) is 18.8. The first-order valence-corrected chi connectivity index (χ1v) is 6.27. The second kappa shape index (κ2) is 4.89. The van der Waals surface area contributed by atoms with Crippen LogP contribution >= 0.6 is 15.9 Å². The Morgan fingerprint density at radius 3 is 2.75 bits per heavy atom. The zero-order chi connectivity index (χ0) is 11.4. The second-order valence-electron chi connectivity index (χ2n) is 4.15. The number of isocyanates is 1. The Hall–Kier alpha value is -0.990. The van der Waals surface area contributed by atoms with Gasteiger partial charge in [-0.25, -0.2) is 4.79 Å². The summed E-state index contributed by atoms with van der Waals surface area (Å²) < 4.78 is 0.975. The van der Waals surface area contributed by atoms with Crippen molar-refractivity contribution < 1.29 is 4.79 Å². The van der Waals surface area contributed by atoms with Crippen LogP contribution < -0.4 is 0 Å². The lowest BCUT2D eigenvalue weighted by Crippen LogP contribution is -2.27. The summed E-state index contributed by atoms with van der Waals surface area (Å²) in [5, 5.41) is 0. The minimum Gasteiger partial charge on any atom is -0.264 e. The first-order chi connectivity index (χ1) is 7.78. The van der Waals surface area contributed by atoms with Crippen molar-refractivity contribution in [3.63, 3.8) is 0 Å². The average Bonchev–Trinajstić information content (AvgIpc) is 2.31. The molecule has 1 fully saturated rings. The molecule has 0 bridgehead atoms. The predicted molar refractivity (Wildman–Crippen MR) is 64.8 cm³/mol. The highest BCUT2D eigenvalue weighted by molar-refractivity contribution is 9.10. The van der Waals surface area contributed by atoms with E-state index in [0.29, 0.717) is 0 Å². The van der Waals surface area contributed by atoms with E-state index < -0.39 is 5.54 Å². The maximum Gasteiger partial charge on any atom is 0.235 e. The van der Waals surface area contributed by atoms with E-state index in [1.165, 1.54) is 6.42 Å². The van der Waals surface area contributed by atoms with E-state index in [1.807, 2.05) is 6.07 Å². The van der Waals surface area contributed by atoms with E-state index in [1.54, 1.807) is 18.5 Å². The number of nitrogens with zero attached hydrogens (tertiary/aromatic N) is 2. The van der Waals surface area contributed by atoms with Gasteiger partial charge in [0.15, 0.2) is 0 Å². The van der Waals surface area contributed by atoms with Gasteiger partial charge >= 0.3 is 0 Å². The maximum absolute atomic E-state index is 10.6. The Labute approximate surface area is 103 Å². The molecular formula is C12H13BrN2O. The number of carbonyl (C=O) groups excluding carboxylic acids is 1. The van der Waals surface area contributed by atoms with Crippen LogP contribution in [0.5, 0.6) is 0 Å². The molecule has 1 aliphatic carbocycles. The molecule has 1 saturated carbocycles. The molecule has 0 atom stereocenters. The van der Waals surface area contributed by atoms with E-state index in [-0.39, 0.29) is 0 Å². The molecule has 4 heteroatoms. The van der Waals surface area contributed by atoms with Gasteiger partial charge in [-0.05, 0) is 18.9 Å². The highest BCUT2D eigenvalue weighted by Crippen LogP contribution is 2.42. The van der Waals surface area contributed by atoms with Crippen molar-refractivity contribution in [2.24, 2.45) is 4.99 Å². The van der Waals surface area contributed by atoms with Crippen LogP contribution in [0.25, 0.3) is 0 Å². The fourth-order valence-electron chi connectivity index (χ4n) is 2.39. The lowest BCUT2D eigenvalue weighted by atomic mass is 9.78. The third-order valence-electron chi connectivity index (χ3n) is 3.21. The molecule has 1 aromatic rings. The van der Waals surface area contributed by atoms with E-state index in [2.05, 4.69) is 25.9 Å². The molecule has 16 heavy (non-hydrogen) atoms. The van der Waals surface area contributed by atoms with E-state index in [4.69, 9.17) is 0 Å². The number of hydrogen-bond acceptors (Lipinski definition) is 3. The zero-order valence-corrected chi connectivity index (χ0v) is 10.5. The molecule has 0 aliphatic heterocycles. The summed E-state index contributed by atoms with van der Waals surface area (Å²) in [4.78, 5) is 18.8. The van der Waals surface area contributed by atoms with Crippen LogP contribution in [0.15, 0.2) is 27.9 Å². The van der Waals surface area contributed by atoms with Gasteiger partial charge in [0, 0.05) is 22.4 Å². The number of hydrogen-bond donors (Lipinski definition) is 0. The summed E-state index contributed by atoms with van der Waals surface area (Å²) in [6.07, 6.45) is 10.5. The molecule has 0 spiro atoms. The van der Waals surface area contributed by atoms with Crippen LogP contribution in [0.3, 0.4) is 0 Å². The van der Waals surface area contributed by atoms with Gasteiger partial charge in [-0.15, -0.1) is 0 Å². The molecular weight excluding hydrogens is 268 g/mol. The summed E-state index contributed by atoms with van der Waals surface area (Å²) >= 11 is 3.51. The molecule has 0 N–H and O–H groups in total. The molecule has 3 nitrogen and oxygen atoms in total. The molecule has 0 aromatic carbocycles. The Morgan fingerprint density at radius 1 is 1.38 bits per heavy atom. The Morgan fingerprint density at radius 2 is 2.12 bits per heavy atom. The van der Waals surface area contributed by atoms with Gasteiger partial charge < -0.3 is 0 Å². The van der Waals surface area contributed by atoms with E-state index in [0.717, 1.165) is 35.7 Å². The fourth-order valence-corrected chi connectivity index (χ4v) is 2.97. The Kier molecular flexibility index (Phi) is 3.52. The average molecular weight is 281 g/mol. The number of aliphatic imine (C=N–C) groups is 1. The van der Waals surface area contributed by atoms with Gasteiger partial charge in [-0.3, -0.25) is 4.98 Å². The van der Waals surface area contributed by atoms with Crippen molar-refractivity contribution >= 4 is 22.0 Å². The van der Waals surface area contributed by atoms with Crippen LogP contribution in [0.4, 0.5) is 0 Å². The number of pyridine rings is 1. The quantitative estimate of drug-likeness (QED) is 0.616. The van der Waals surface area contributed by atoms with Crippen LogP contribution in [-0.4, -0.2) is 11.1 Å². The Balaban J connectivity index is 2.46. The zero-order valence-electron chi connectivity index (χ0n) is 8.95. The SMILES string of the molecule is O=C=NC1(c2cnccc2Br)CCCCC1. The van der Waals surface area contributed by atoms with Gasteiger partial charge in [-0.2, -0.15) is 4.99 Å². The third kappa shape index (κ3) is 2.08. The summed E-state index contributed by atoms with van der Waals surface area (Å²) in [5.41, 5.74) is 0.616.